The van der Waals surface area contributed by atoms with Gasteiger partial charge in [0.2, 0.25) is 0 Å². The van der Waals surface area contributed by atoms with Gasteiger partial charge < -0.3 is 4.74 Å². The molecular formula is C29H33NO2. The molecule has 1 atom stereocenters. The normalized spacial score (nSPS) is 15.4. The van der Waals surface area contributed by atoms with Gasteiger partial charge in [-0.3, -0.25) is 4.79 Å². The molecular weight excluding hydrogens is 394 g/mol. The fourth-order valence-corrected chi connectivity index (χ4v) is 3.98. The smallest absolute Gasteiger partial charge is 0.157 e. The molecule has 0 amide bonds. The van der Waals surface area contributed by atoms with Crippen LogP contribution < -0.4 is 0 Å². The van der Waals surface area contributed by atoms with Crippen LogP contribution in [0.2, 0.25) is 0 Å². The Morgan fingerprint density at radius 2 is 1.94 bits per heavy atom. The fourth-order valence-electron chi connectivity index (χ4n) is 3.98. The van der Waals surface area contributed by atoms with Crippen LogP contribution in [0.25, 0.3) is 0 Å². The number of benzene rings is 1. The Balaban J connectivity index is 2.92. The maximum Gasteiger partial charge on any atom is 0.157 e. The molecule has 32 heavy (non-hydrogen) atoms. The van der Waals surface area contributed by atoms with Crippen molar-refractivity contribution in [2.24, 2.45) is 0 Å². The number of nitriles is 1. The van der Waals surface area contributed by atoms with Gasteiger partial charge in [-0.2, -0.15) is 5.26 Å². The number of nitrogens with zero attached hydrogens (tertiary/aromatic N) is 1. The predicted molar refractivity (Wildman–Crippen MR) is 132 cm³/mol. The van der Waals surface area contributed by atoms with Gasteiger partial charge in [-0.05, 0) is 79.7 Å². The second-order valence-corrected chi connectivity index (χ2v) is 8.08. The van der Waals surface area contributed by atoms with Crippen LogP contribution in [-0.2, 0) is 9.53 Å². The van der Waals surface area contributed by atoms with Crippen molar-refractivity contribution in [3.8, 4) is 6.07 Å². The zero-order chi connectivity index (χ0) is 23.8. The number of ketones is 1. The number of allylic oxidation sites excluding steroid dienone is 9. The Bertz CT molecular complexity index is 1090. The van der Waals surface area contributed by atoms with Crippen LogP contribution in [0.5, 0.6) is 0 Å². The summed E-state index contributed by atoms with van der Waals surface area (Å²) in [6, 6.07) is 7.82. The van der Waals surface area contributed by atoms with Crippen LogP contribution in [0.4, 0.5) is 0 Å². The highest BCUT2D eigenvalue weighted by Gasteiger charge is 2.30. The van der Waals surface area contributed by atoms with Crippen molar-refractivity contribution in [3.05, 3.63) is 106 Å². The first kappa shape index (κ1) is 24.9. The minimum atomic E-state index is -0.359. The molecule has 0 N–H and O–H groups in total. The highest BCUT2D eigenvalue weighted by atomic mass is 16.5. The second-order valence-electron chi connectivity index (χ2n) is 8.08. The van der Waals surface area contributed by atoms with Crippen molar-refractivity contribution < 1.29 is 9.53 Å². The topological polar surface area (TPSA) is 50.1 Å². The summed E-state index contributed by atoms with van der Waals surface area (Å²) < 4.78 is 6.21. The van der Waals surface area contributed by atoms with Crippen molar-refractivity contribution in [1.29, 1.82) is 5.26 Å². The summed E-state index contributed by atoms with van der Waals surface area (Å²) >= 11 is 0. The molecule has 0 spiro atoms. The Morgan fingerprint density at radius 1 is 1.22 bits per heavy atom. The van der Waals surface area contributed by atoms with Gasteiger partial charge in [-0.15, -0.1) is 0 Å². The molecule has 1 aliphatic carbocycles. The molecule has 1 aromatic carbocycles. The maximum atomic E-state index is 13.0. The quantitative estimate of drug-likeness (QED) is 0.310. The molecule has 3 nitrogen and oxygen atoms in total. The third-order valence-electron chi connectivity index (χ3n) is 5.60. The molecule has 166 valence electrons. The number of carbonyl (C=O) groups is 1. The molecule has 1 unspecified atom stereocenters. The highest BCUT2D eigenvalue weighted by Crippen LogP contribution is 2.42. The predicted octanol–water partition coefficient (Wildman–Crippen LogP) is 7.18. The summed E-state index contributed by atoms with van der Waals surface area (Å²) in [4.78, 5) is 13.0. The van der Waals surface area contributed by atoms with Gasteiger partial charge in [-0.1, -0.05) is 51.3 Å². The van der Waals surface area contributed by atoms with Gasteiger partial charge in [0, 0.05) is 17.1 Å². The lowest BCUT2D eigenvalue weighted by Crippen LogP contribution is -2.17. The molecule has 0 radical (unpaired) electrons. The van der Waals surface area contributed by atoms with E-state index in [2.05, 4.69) is 45.2 Å². The van der Waals surface area contributed by atoms with E-state index in [-0.39, 0.29) is 11.7 Å². The number of carbonyl (C=O) groups excluding carboxylic acids is 1. The maximum absolute atomic E-state index is 13.0. The van der Waals surface area contributed by atoms with Crippen LogP contribution in [0.15, 0.2) is 89.3 Å². The monoisotopic (exact) mass is 427 g/mol. The lowest BCUT2D eigenvalue weighted by atomic mass is 9.77. The van der Waals surface area contributed by atoms with E-state index in [1.54, 1.807) is 19.1 Å². The van der Waals surface area contributed by atoms with Crippen LogP contribution >= 0.6 is 0 Å². The van der Waals surface area contributed by atoms with E-state index in [0.29, 0.717) is 17.7 Å². The summed E-state index contributed by atoms with van der Waals surface area (Å²) in [7, 11) is 0. The van der Waals surface area contributed by atoms with E-state index >= 15 is 0 Å². The van der Waals surface area contributed by atoms with E-state index in [4.69, 9.17) is 4.74 Å². The average Bonchev–Trinajstić information content (AvgIpc) is 2.93. The summed E-state index contributed by atoms with van der Waals surface area (Å²) in [5, 5.41) is 9.35. The Labute approximate surface area is 192 Å². The number of Topliss-reactive ketones (excluding diaryl/α,β-unsaturated/α-hetero) is 1. The minimum absolute atomic E-state index is 0.0167. The molecule has 3 heteroatoms. The standard InChI is InChI=1S/C29H33NO2/c1-8-13-32-27-15-19(4)14-23(10-3)17-26(27)29(28(22(7)31)20(5)9-2)25-12-11-24(18-30)16-21(25)6/h9,11-12,14-17,29H,2,4,8,10,13H2,1,3,5-7H3/b28-20-. The van der Waals surface area contributed by atoms with Crippen LogP contribution in [0.3, 0.4) is 0 Å². The number of aryl methyl sites for hydroxylation is 1. The van der Waals surface area contributed by atoms with Gasteiger partial charge in [0.25, 0.3) is 0 Å². The third kappa shape index (κ3) is 5.65. The summed E-state index contributed by atoms with van der Waals surface area (Å²) in [6.45, 7) is 18.3. The van der Waals surface area contributed by atoms with E-state index in [1.165, 1.54) is 0 Å². The minimum Gasteiger partial charge on any atom is -0.493 e. The van der Waals surface area contributed by atoms with Gasteiger partial charge >= 0.3 is 0 Å². The average molecular weight is 428 g/mol. The summed E-state index contributed by atoms with van der Waals surface area (Å²) in [5.41, 5.74) is 6.91. The number of hydrogen-bond acceptors (Lipinski definition) is 3. The lowest BCUT2D eigenvalue weighted by Gasteiger charge is -2.27. The van der Waals surface area contributed by atoms with Crippen molar-refractivity contribution in [3.63, 3.8) is 0 Å². The molecule has 0 aliphatic heterocycles. The Morgan fingerprint density at radius 3 is 2.47 bits per heavy atom. The fraction of sp³-hybridized carbons (Fsp3) is 0.310. The van der Waals surface area contributed by atoms with Gasteiger partial charge in [0.15, 0.2) is 5.78 Å². The van der Waals surface area contributed by atoms with Crippen molar-refractivity contribution in [2.75, 3.05) is 6.61 Å². The molecule has 0 bridgehead atoms. The van der Waals surface area contributed by atoms with Crippen molar-refractivity contribution in [2.45, 2.75) is 53.4 Å². The van der Waals surface area contributed by atoms with Crippen LogP contribution in [-0.4, -0.2) is 12.4 Å². The number of rotatable bonds is 9. The second kappa shape index (κ2) is 11.3. The summed E-state index contributed by atoms with van der Waals surface area (Å²) in [6.07, 6.45) is 9.57. The van der Waals surface area contributed by atoms with Crippen LogP contribution in [0.1, 0.15) is 63.1 Å². The molecule has 0 heterocycles. The van der Waals surface area contributed by atoms with E-state index in [9.17, 15) is 10.1 Å². The van der Waals surface area contributed by atoms with Crippen molar-refractivity contribution in [1.82, 2.24) is 0 Å². The Hall–Kier alpha value is -3.38. The molecule has 0 saturated carbocycles. The zero-order valence-corrected chi connectivity index (χ0v) is 19.9. The third-order valence-corrected chi connectivity index (χ3v) is 5.60. The molecule has 1 aromatic rings. The van der Waals surface area contributed by atoms with E-state index in [1.807, 2.05) is 32.1 Å². The summed E-state index contributed by atoms with van der Waals surface area (Å²) in [5.74, 6) is 0.347. The van der Waals surface area contributed by atoms with Gasteiger partial charge in [0.1, 0.15) is 5.76 Å². The van der Waals surface area contributed by atoms with E-state index in [0.717, 1.165) is 52.0 Å². The van der Waals surface area contributed by atoms with Gasteiger partial charge in [0.05, 0.1) is 18.2 Å². The molecule has 0 fully saturated rings. The number of hydrogen-bond donors (Lipinski definition) is 0. The van der Waals surface area contributed by atoms with E-state index < -0.39 is 0 Å². The first-order valence-electron chi connectivity index (χ1n) is 11.1. The molecule has 1 aliphatic rings. The largest absolute Gasteiger partial charge is 0.493 e. The lowest BCUT2D eigenvalue weighted by molar-refractivity contribution is -0.113. The SMILES string of the molecule is C=C/C(C)=C(/C(C)=O)C(C1=CC(CC)=CC(=C)C=C1OCCC)c1ccc(C#N)cc1C. The molecule has 0 aromatic heterocycles. The van der Waals surface area contributed by atoms with Crippen molar-refractivity contribution >= 4 is 5.78 Å². The molecule has 2 rings (SSSR count). The van der Waals surface area contributed by atoms with Gasteiger partial charge in [-0.25, -0.2) is 0 Å². The first-order chi connectivity index (χ1) is 15.3. The van der Waals surface area contributed by atoms with Crippen LogP contribution in [0, 0.1) is 18.3 Å². The molecule has 0 saturated heterocycles. The number of ether oxygens (including phenoxy) is 1. The Kier molecular flexibility index (Phi) is 8.79. The highest BCUT2D eigenvalue weighted by molar-refractivity contribution is 5.97. The first-order valence-corrected chi connectivity index (χ1v) is 11.1. The zero-order valence-electron chi connectivity index (χ0n) is 19.9.